The second kappa shape index (κ2) is 9.07. The molecule has 3 amide bonds. The van der Waals surface area contributed by atoms with Crippen LogP contribution in [0.5, 0.6) is 5.75 Å². The Labute approximate surface area is 159 Å². The Balaban J connectivity index is 1.45. The van der Waals surface area contributed by atoms with Gasteiger partial charge in [-0.3, -0.25) is 4.79 Å². The summed E-state index contributed by atoms with van der Waals surface area (Å²) < 4.78 is 5.29. The van der Waals surface area contributed by atoms with Crippen molar-refractivity contribution in [3.8, 4) is 5.75 Å². The largest absolute Gasteiger partial charge is 0.496 e. The second-order valence-corrected chi connectivity index (χ2v) is 6.61. The number of methoxy groups -OCH3 is 1. The van der Waals surface area contributed by atoms with Crippen molar-refractivity contribution < 1.29 is 14.3 Å². The maximum atomic E-state index is 12.3. The second-order valence-electron chi connectivity index (χ2n) is 6.61. The Morgan fingerprint density at radius 3 is 2.41 bits per heavy atom. The summed E-state index contributed by atoms with van der Waals surface area (Å²) in [6.45, 7) is 1.25. The van der Waals surface area contributed by atoms with Crippen LogP contribution in [0.15, 0.2) is 54.6 Å². The van der Waals surface area contributed by atoms with Crippen molar-refractivity contribution in [1.29, 1.82) is 0 Å². The summed E-state index contributed by atoms with van der Waals surface area (Å²) in [5.41, 5.74) is 1.66. The average molecular weight is 367 g/mol. The Morgan fingerprint density at radius 1 is 1.04 bits per heavy atom. The molecule has 0 bridgehead atoms. The minimum absolute atomic E-state index is 0.0216. The number of nitrogens with zero attached hydrogens (tertiary/aromatic N) is 1. The lowest BCUT2D eigenvalue weighted by molar-refractivity contribution is -0.121. The standard InChI is InChI=1S/C21H25N3O3/c1-27-19-10-6-5-7-16(19)15-20(25)22-18-11-13-24(14-12-18)21(26)23-17-8-3-2-4-9-17/h2-10,18H,11-15H2,1H3,(H,22,25)(H,23,26). The van der Waals surface area contributed by atoms with Crippen molar-refractivity contribution in [1.82, 2.24) is 10.2 Å². The van der Waals surface area contributed by atoms with Crippen LogP contribution in [0.4, 0.5) is 10.5 Å². The zero-order valence-electron chi connectivity index (χ0n) is 15.5. The van der Waals surface area contributed by atoms with Crippen molar-refractivity contribution in [2.24, 2.45) is 0 Å². The number of likely N-dealkylation sites (tertiary alicyclic amines) is 1. The van der Waals surface area contributed by atoms with Crippen molar-refractivity contribution in [3.63, 3.8) is 0 Å². The monoisotopic (exact) mass is 367 g/mol. The van der Waals surface area contributed by atoms with Gasteiger partial charge in [0.2, 0.25) is 5.91 Å². The number of urea groups is 1. The fraction of sp³-hybridized carbons (Fsp3) is 0.333. The van der Waals surface area contributed by atoms with Crippen molar-refractivity contribution in [2.45, 2.75) is 25.3 Å². The van der Waals surface area contributed by atoms with E-state index in [2.05, 4.69) is 10.6 Å². The molecule has 6 heteroatoms. The highest BCUT2D eigenvalue weighted by Gasteiger charge is 2.24. The number of amides is 3. The molecule has 1 aliphatic heterocycles. The number of anilines is 1. The van der Waals surface area contributed by atoms with Gasteiger partial charge in [0.1, 0.15) is 5.75 Å². The van der Waals surface area contributed by atoms with Gasteiger partial charge in [-0.15, -0.1) is 0 Å². The molecule has 0 spiro atoms. The van der Waals surface area contributed by atoms with Gasteiger partial charge in [0, 0.05) is 30.4 Å². The van der Waals surface area contributed by atoms with Crippen LogP contribution in [-0.4, -0.2) is 43.1 Å². The number of hydrogen-bond acceptors (Lipinski definition) is 3. The number of hydrogen-bond donors (Lipinski definition) is 2. The fourth-order valence-electron chi connectivity index (χ4n) is 3.25. The topological polar surface area (TPSA) is 70.7 Å². The summed E-state index contributed by atoms with van der Waals surface area (Å²) in [5, 5.41) is 5.97. The molecule has 2 N–H and O–H groups in total. The highest BCUT2D eigenvalue weighted by molar-refractivity contribution is 5.89. The molecular formula is C21H25N3O3. The third kappa shape index (κ3) is 5.23. The minimum atomic E-state index is -0.0972. The average Bonchev–Trinajstić information content (AvgIpc) is 2.69. The van der Waals surface area contributed by atoms with Crippen LogP contribution in [0.3, 0.4) is 0 Å². The molecule has 2 aromatic rings. The molecule has 0 saturated carbocycles. The molecule has 0 unspecified atom stereocenters. The number of para-hydroxylation sites is 2. The van der Waals surface area contributed by atoms with E-state index in [4.69, 9.17) is 4.74 Å². The first kappa shape index (κ1) is 18.8. The molecule has 0 aromatic heterocycles. The van der Waals surface area contributed by atoms with Crippen LogP contribution >= 0.6 is 0 Å². The number of carbonyl (C=O) groups is 2. The summed E-state index contributed by atoms with van der Waals surface area (Å²) in [6, 6.07) is 16.9. The molecule has 0 radical (unpaired) electrons. The maximum Gasteiger partial charge on any atom is 0.321 e. The van der Waals surface area contributed by atoms with Crippen LogP contribution < -0.4 is 15.4 Å². The van der Waals surface area contributed by atoms with Gasteiger partial charge in [-0.1, -0.05) is 36.4 Å². The van der Waals surface area contributed by atoms with Gasteiger partial charge < -0.3 is 20.3 Å². The van der Waals surface area contributed by atoms with Gasteiger partial charge in [-0.05, 0) is 31.0 Å². The maximum absolute atomic E-state index is 12.3. The Hall–Kier alpha value is -3.02. The van der Waals surface area contributed by atoms with Crippen LogP contribution in [-0.2, 0) is 11.2 Å². The molecular weight excluding hydrogens is 342 g/mol. The first-order valence-corrected chi connectivity index (χ1v) is 9.18. The molecule has 1 aliphatic rings. The Morgan fingerprint density at radius 2 is 1.70 bits per heavy atom. The number of nitrogens with one attached hydrogen (secondary N) is 2. The smallest absolute Gasteiger partial charge is 0.321 e. The normalized spacial score (nSPS) is 14.5. The van der Waals surface area contributed by atoms with Gasteiger partial charge in [0.25, 0.3) is 0 Å². The van der Waals surface area contributed by atoms with Gasteiger partial charge in [-0.25, -0.2) is 4.79 Å². The lowest BCUT2D eigenvalue weighted by Gasteiger charge is -2.32. The summed E-state index contributed by atoms with van der Waals surface area (Å²) in [7, 11) is 1.60. The number of benzene rings is 2. The zero-order valence-corrected chi connectivity index (χ0v) is 15.5. The van der Waals surface area contributed by atoms with Crippen molar-refractivity contribution >= 4 is 17.6 Å². The van der Waals surface area contributed by atoms with E-state index in [-0.39, 0.29) is 18.0 Å². The predicted molar refractivity (Wildman–Crippen MR) is 105 cm³/mol. The number of carbonyl (C=O) groups excluding carboxylic acids is 2. The minimum Gasteiger partial charge on any atom is -0.496 e. The van der Waals surface area contributed by atoms with Gasteiger partial charge >= 0.3 is 6.03 Å². The molecule has 27 heavy (non-hydrogen) atoms. The third-order valence-corrected chi connectivity index (χ3v) is 4.72. The van der Waals surface area contributed by atoms with Crippen LogP contribution in [0.2, 0.25) is 0 Å². The molecule has 3 rings (SSSR count). The predicted octanol–water partition coefficient (Wildman–Crippen LogP) is 3.05. The first-order chi connectivity index (χ1) is 13.2. The van der Waals surface area contributed by atoms with E-state index in [1.54, 1.807) is 12.0 Å². The Kier molecular flexibility index (Phi) is 6.30. The van der Waals surface area contributed by atoms with Crippen LogP contribution in [0.1, 0.15) is 18.4 Å². The first-order valence-electron chi connectivity index (χ1n) is 9.18. The van der Waals surface area contributed by atoms with E-state index in [1.807, 2.05) is 54.6 Å². The van der Waals surface area contributed by atoms with E-state index in [1.165, 1.54) is 0 Å². The molecule has 1 fully saturated rings. The van der Waals surface area contributed by atoms with Gasteiger partial charge in [-0.2, -0.15) is 0 Å². The van der Waals surface area contributed by atoms with Crippen LogP contribution in [0.25, 0.3) is 0 Å². The molecule has 142 valence electrons. The summed E-state index contributed by atoms with van der Waals surface area (Å²) in [6.07, 6.45) is 1.79. The van der Waals surface area contributed by atoms with Crippen molar-refractivity contribution in [2.75, 3.05) is 25.5 Å². The van der Waals surface area contributed by atoms with E-state index in [0.29, 0.717) is 19.5 Å². The zero-order chi connectivity index (χ0) is 19.1. The fourth-order valence-corrected chi connectivity index (χ4v) is 3.25. The van der Waals surface area contributed by atoms with Crippen molar-refractivity contribution in [3.05, 3.63) is 60.2 Å². The SMILES string of the molecule is COc1ccccc1CC(=O)NC1CCN(C(=O)Nc2ccccc2)CC1. The molecule has 1 saturated heterocycles. The quantitative estimate of drug-likeness (QED) is 0.853. The molecule has 1 heterocycles. The molecule has 0 atom stereocenters. The Bertz CT molecular complexity index is 771. The van der Waals surface area contributed by atoms with Crippen LogP contribution in [0, 0.1) is 0 Å². The van der Waals surface area contributed by atoms with Gasteiger partial charge in [0.15, 0.2) is 0 Å². The lowest BCUT2D eigenvalue weighted by atomic mass is 10.0. The summed E-state index contributed by atoms with van der Waals surface area (Å²) in [4.78, 5) is 26.5. The number of rotatable bonds is 5. The van der Waals surface area contributed by atoms with E-state index >= 15 is 0 Å². The number of piperidine rings is 1. The van der Waals surface area contributed by atoms with E-state index < -0.39 is 0 Å². The van der Waals surface area contributed by atoms with E-state index in [9.17, 15) is 9.59 Å². The molecule has 2 aromatic carbocycles. The lowest BCUT2D eigenvalue weighted by Crippen LogP contribution is -2.48. The summed E-state index contributed by atoms with van der Waals surface area (Å²) in [5.74, 6) is 0.701. The molecule has 6 nitrogen and oxygen atoms in total. The summed E-state index contributed by atoms with van der Waals surface area (Å²) >= 11 is 0. The highest BCUT2D eigenvalue weighted by Crippen LogP contribution is 2.18. The number of ether oxygens (including phenoxy) is 1. The molecule has 0 aliphatic carbocycles. The highest BCUT2D eigenvalue weighted by atomic mass is 16.5. The van der Waals surface area contributed by atoms with E-state index in [0.717, 1.165) is 29.8 Å². The third-order valence-electron chi connectivity index (χ3n) is 4.72. The van der Waals surface area contributed by atoms with Gasteiger partial charge in [0.05, 0.1) is 13.5 Å².